The van der Waals surface area contributed by atoms with Crippen molar-refractivity contribution < 1.29 is 18.3 Å². The zero-order valence-corrected chi connectivity index (χ0v) is 20.9. The van der Waals surface area contributed by atoms with E-state index in [1.54, 1.807) is 0 Å². The van der Waals surface area contributed by atoms with Crippen LogP contribution in [0.1, 0.15) is 44.6 Å². The molecule has 2 N–H and O–H groups in total. The molecule has 0 amide bonds. The van der Waals surface area contributed by atoms with Crippen LogP contribution in [-0.2, 0) is 12.8 Å². The van der Waals surface area contributed by atoms with Gasteiger partial charge in [0, 0.05) is 48.3 Å². The highest BCUT2D eigenvalue weighted by molar-refractivity contribution is 5.80. The summed E-state index contributed by atoms with van der Waals surface area (Å²) in [6.45, 7) is 5.87. The molecule has 1 saturated carbocycles. The zero-order chi connectivity index (χ0) is 24.2. The van der Waals surface area contributed by atoms with Crippen molar-refractivity contribution in [3.05, 3.63) is 60.1 Å². The molecule has 4 aromatic rings. The van der Waals surface area contributed by atoms with E-state index in [1.165, 1.54) is 6.42 Å². The van der Waals surface area contributed by atoms with Crippen LogP contribution in [0, 0.1) is 0 Å². The lowest BCUT2D eigenvalue weighted by Gasteiger charge is -2.36. The Balaban J connectivity index is 1.05. The first-order chi connectivity index (χ1) is 17.1. The van der Waals surface area contributed by atoms with Gasteiger partial charge in [-0.25, -0.2) is 0 Å². The normalized spacial score (nSPS) is 18.6. The minimum atomic E-state index is 0.0656. The summed E-state index contributed by atoms with van der Waals surface area (Å²) in [7, 11) is 1.99. The van der Waals surface area contributed by atoms with Crippen molar-refractivity contribution in [1.82, 2.24) is 10.6 Å². The third-order valence-corrected chi connectivity index (χ3v) is 6.85. The van der Waals surface area contributed by atoms with Gasteiger partial charge in [0.1, 0.15) is 46.4 Å². The lowest BCUT2D eigenvalue weighted by Crippen LogP contribution is -2.49. The van der Waals surface area contributed by atoms with Gasteiger partial charge in [0.25, 0.3) is 0 Å². The van der Waals surface area contributed by atoms with Crippen LogP contribution < -0.4 is 20.1 Å². The molecule has 1 aliphatic carbocycles. The molecule has 1 aliphatic rings. The molecular formula is C29H36N2O4. The van der Waals surface area contributed by atoms with Gasteiger partial charge in [0.05, 0.1) is 0 Å². The maximum atomic E-state index is 6.13. The Hall–Kier alpha value is -2.96. The predicted octanol–water partition coefficient (Wildman–Crippen LogP) is 5.86. The first kappa shape index (κ1) is 23.8. The summed E-state index contributed by atoms with van der Waals surface area (Å²) in [5.74, 6) is 3.74. The molecule has 0 radical (unpaired) electrons. The van der Waals surface area contributed by atoms with Crippen molar-refractivity contribution in [1.29, 1.82) is 0 Å². The standard InChI is InChI=1S/C29H36N2O4/c1-4-22-14-20-7-9-24(16-28(20)33-22)32-19(2)18-31-13-5-6-23-15-21-8-10-25(17-29(21)35-23)34-27-12-11-26(27)30-3/h7-10,14-17,19,26-27,30-31H,4-6,11-13,18H2,1-3H3/t19-,26-,27-/m1/s1. The van der Waals surface area contributed by atoms with Crippen LogP contribution in [-0.4, -0.2) is 38.4 Å². The summed E-state index contributed by atoms with van der Waals surface area (Å²) in [5, 5.41) is 9.05. The van der Waals surface area contributed by atoms with Crippen LogP contribution in [0.4, 0.5) is 0 Å². The van der Waals surface area contributed by atoms with Gasteiger partial charge in [0.2, 0.25) is 0 Å². The second-order valence-electron chi connectivity index (χ2n) is 9.54. The van der Waals surface area contributed by atoms with Crippen LogP contribution in [0.5, 0.6) is 11.5 Å². The molecule has 5 rings (SSSR count). The molecular weight excluding hydrogens is 440 g/mol. The monoisotopic (exact) mass is 476 g/mol. The Bertz CT molecular complexity index is 1260. The van der Waals surface area contributed by atoms with E-state index in [1.807, 2.05) is 31.3 Å². The summed E-state index contributed by atoms with van der Waals surface area (Å²) in [6, 6.07) is 16.9. The fraction of sp³-hybridized carbons (Fsp3) is 0.448. The number of benzene rings is 2. The van der Waals surface area contributed by atoms with Crippen molar-refractivity contribution in [3.8, 4) is 11.5 Å². The van der Waals surface area contributed by atoms with Crippen LogP contribution in [0.15, 0.2) is 57.4 Å². The molecule has 35 heavy (non-hydrogen) atoms. The first-order valence-electron chi connectivity index (χ1n) is 12.9. The van der Waals surface area contributed by atoms with E-state index in [9.17, 15) is 0 Å². The number of hydrogen-bond acceptors (Lipinski definition) is 6. The number of hydrogen-bond donors (Lipinski definition) is 2. The van der Waals surface area contributed by atoms with Gasteiger partial charge in [0.15, 0.2) is 0 Å². The number of aryl methyl sites for hydroxylation is 2. The maximum absolute atomic E-state index is 6.13. The number of likely N-dealkylation sites (N-methyl/N-ethyl adjacent to an activating group) is 1. The Morgan fingerprint density at radius 2 is 1.66 bits per heavy atom. The fourth-order valence-electron chi connectivity index (χ4n) is 4.66. The highest BCUT2D eigenvalue weighted by Gasteiger charge is 2.31. The van der Waals surface area contributed by atoms with E-state index in [-0.39, 0.29) is 12.2 Å². The van der Waals surface area contributed by atoms with E-state index in [0.717, 1.165) is 83.7 Å². The van der Waals surface area contributed by atoms with Crippen molar-refractivity contribution in [2.45, 2.75) is 64.2 Å². The second-order valence-corrected chi connectivity index (χ2v) is 9.54. The quantitative estimate of drug-likeness (QED) is 0.250. The third kappa shape index (κ3) is 5.65. The lowest BCUT2D eigenvalue weighted by atomic mass is 9.89. The Kier molecular flexibility index (Phi) is 7.30. The molecule has 2 aromatic carbocycles. The third-order valence-electron chi connectivity index (χ3n) is 6.85. The number of nitrogens with one attached hydrogen (secondary N) is 2. The van der Waals surface area contributed by atoms with Crippen molar-refractivity contribution in [2.75, 3.05) is 20.1 Å². The molecule has 6 nitrogen and oxygen atoms in total. The van der Waals surface area contributed by atoms with Gasteiger partial charge >= 0.3 is 0 Å². The molecule has 0 bridgehead atoms. The van der Waals surface area contributed by atoms with Gasteiger partial charge in [-0.15, -0.1) is 0 Å². The van der Waals surface area contributed by atoms with Gasteiger partial charge in [-0.1, -0.05) is 6.92 Å². The Labute approximate surface area is 207 Å². The zero-order valence-electron chi connectivity index (χ0n) is 20.9. The Morgan fingerprint density at radius 1 is 0.943 bits per heavy atom. The molecule has 186 valence electrons. The molecule has 6 heteroatoms. The van der Waals surface area contributed by atoms with Gasteiger partial charge in [-0.3, -0.25) is 0 Å². The molecule has 0 saturated heterocycles. The maximum Gasteiger partial charge on any atom is 0.137 e. The van der Waals surface area contributed by atoms with Gasteiger partial charge < -0.3 is 28.9 Å². The summed E-state index contributed by atoms with van der Waals surface area (Å²) in [5.41, 5.74) is 1.78. The van der Waals surface area contributed by atoms with Crippen LogP contribution in [0.2, 0.25) is 0 Å². The van der Waals surface area contributed by atoms with Crippen LogP contribution in [0.3, 0.4) is 0 Å². The van der Waals surface area contributed by atoms with Crippen LogP contribution >= 0.6 is 0 Å². The van der Waals surface area contributed by atoms with E-state index in [2.05, 4.69) is 48.7 Å². The van der Waals surface area contributed by atoms with E-state index in [4.69, 9.17) is 18.3 Å². The second kappa shape index (κ2) is 10.8. The average molecular weight is 477 g/mol. The largest absolute Gasteiger partial charge is 0.489 e. The van der Waals surface area contributed by atoms with Crippen molar-refractivity contribution >= 4 is 21.9 Å². The summed E-state index contributed by atoms with van der Waals surface area (Å²) < 4.78 is 24.1. The fourth-order valence-corrected chi connectivity index (χ4v) is 4.66. The lowest BCUT2D eigenvalue weighted by molar-refractivity contribution is 0.0771. The predicted molar refractivity (Wildman–Crippen MR) is 140 cm³/mol. The van der Waals surface area contributed by atoms with Gasteiger partial charge in [-0.2, -0.15) is 0 Å². The van der Waals surface area contributed by atoms with Crippen molar-refractivity contribution in [3.63, 3.8) is 0 Å². The molecule has 0 spiro atoms. The molecule has 2 heterocycles. The number of furan rings is 2. The smallest absolute Gasteiger partial charge is 0.137 e. The number of ether oxygens (including phenoxy) is 2. The molecule has 0 aliphatic heterocycles. The number of fused-ring (bicyclic) bond motifs is 2. The van der Waals surface area contributed by atoms with Crippen LogP contribution in [0.25, 0.3) is 21.9 Å². The summed E-state index contributed by atoms with van der Waals surface area (Å²) in [4.78, 5) is 0. The molecule has 0 unspecified atom stereocenters. The number of rotatable bonds is 12. The van der Waals surface area contributed by atoms with E-state index >= 15 is 0 Å². The minimum absolute atomic E-state index is 0.0656. The highest BCUT2D eigenvalue weighted by atomic mass is 16.5. The SMILES string of the molecule is CCc1cc2ccc(O[C@H](C)CNCCCc3cc4ccc(O[C@@H]5CC[C@H]5NC)cc4o3)cc2o1. The topological polar surface area (TPSA) is 68.8 Å². The van der Waals surface area contributed by atoms with Gasteiger partial charge in [-0.05, 0) is 76.2 Å². The molecule has 1 fully saturated rings. The summed E-state index contributed by atoms with van der Waals surface area (Å²) in [6.07, 6.45) is 5.39. The Morgan fingerprint density at radius 3 is 2.37 bits per heavy atom. The average Bonchev–Trinajstić information content (AvgIpc) is 3.44. The first-order valence-corrected chi connectivity index (χ1v) is 12.9. The van der Waals surface area contributed by atoms with Crippen molar-refractivity contribution in [2.24, 2.45) is 0 Å². The highest BCUT2D eigenvalue weighted by Crippen LogP contribution is 2.30. The molecule has 3 atom stereocenters. The van der Waals surface area contributed by atoms with E-state index < -0.39 is 0 Å². The minimum Gasteiger partial charge on any atom is -0.489 e. The molecule has 2 aromatic heterocycles. The summed E-state index contributed by atoms with van der Waals surface area (Å²) >= 11 is 0. The van der Waals surface area contributed by atoms with E-state index in [0.29, 0.717) is 6.04 Å².